The lowest BCUT2D eigenvalue weighted by Crippen LogP contribution is -2.37. The third-order valence-corrected chi connectivity index (χ3v) is 7.30. The standard InChI is InChI=1S/C16H17NO3S2/c1-3-12-5-7-16(21-12)22(19,20)17-9-8-15(18)13-10-11(2)4-6-14(13)17/h4-7,10H,3,8-9H2,1-2H3. The lowest BCUT2D eigenvalue weighted by atomic mass is 10.0. The summed E-state index contributed by atoms with van der Waals surface area (Å²) in [4.78, 5) is 13.1. The number of hydrogen-bond donors (Lipinski definition) is 0. The molecule has 0 N–H and O–H groups in total. The summed E-state index contributed by atoms with van der Waals surface area (Å²) in [5.41, 5.74) is 1.95. The normalized spacial score (nSPS) is 15.0. The van der Waals surface area contributed by atoms with Gasteiger partial charge in [0.1, 0.15) is 4.21 Å². The molecule has 116 valence electrons. The second kappa shape index (κ2) is 5.52. The van der Waals surface area contributed by atoms with E-state index in [4.69, 9.17) is 0 Å². The Morgan fingerprint density at radius 2 is 2.00 bits per heavy atom. The molecule has 3 rings (SSSR count). The molecule has 1 aromatic carbocycles. The molecule has 4 nitrogen and oxygen atoms in total. The Balaban J connectivity index is 2.09. The molecule has 0 spiro atoms. The van der Waals surface area contributed by atoms with Crippen LogP contribution in [0.25, 0.3) is 0 Å². The third-order valence-electron chi connectivity index (χ3n) is 3.79. The van der Waals surface area contributed by atoms with E-state index >= 15 is 0 Å². The molecule has 0 bridgehead atoms. The maximum absolute atomic E-state index is 12.9. The van der Waals surface area contributed by atoms with Gasteiger partial charge in [0, 0.05) is 23.4 Å². The zero-order valence-electron chi connectivity index (χ0n) is 12.5. The van der Waals surface area contributed by atoms with Crippen LogP contribution in [0.5, 0.6) is 0 Å². The zero-order valence-corrected chi connectivity index (χ0v) is 14.1. The Hall–Kier alpha value is -1.66. The van der Waals surface area contributed by atoms with Gasteiger partial charge in [-0.05, 0) is 37.6 Å². The van der Waals surface area contributed by atoms with Gasteiger partial charge in [-0.25, -0.2) is 8.42 Å². The monoisotopic (exact) mass is 335 g/mol. The molecule has 0 amide bonds. The number of Topliss-reactive ketones (excluding diaryl/α,β-unsaturated/α-hetero) is 1. The minimum absolute atomic E-state index is 0.00516. The number of benzene rings is 1. The highest BCUT2D eigenvalue weighted by Crippen LogP contribution is 2.34. The van der Waals surface area contributed by atoms with Crippen molar-refractivity contribution in [1.82, 2.24) is 0 Å². The van der Waals surface area contributed by atoms with Crippen LogP contribution in [0.3, 0.4) is 0 Å². The third kappa shape index (κ3) is 2.46. The first-order chi connectivity index (χ1) is 10.4. The first-order valence-electron chi connectivity index (χ1n) is 7.19. The summed E-state index contributed by atoms with van der Waals surface area (Å²) >= 11 is 1.30. The molecular formula is C16H17NO3S2. The number of nitrogens with zero attached hydrogens (tertiary/aromatic N) is 1. The highest BCUT2D eigenvalue weighted by molar-refractivity contribution is 7.94. The highest BCUT2D eigenvalue weighted by atomic mass is 32.2. The number of rotatable bonds is 3. The summed E-state index contributed by atoms with van der Waals surface area (Å²) in [7, 11) is -3.60. The van der Waals surface area contributed by atoms with E-state index in [-0.39, 0.29) is 18.7 Å². The molecule has 1 aliphatic heterocycles. The van der Waals surface area contributed by atoms with Crippen LogP contribution in [0, 0.1) is 6.92 Å². The summed E-state index contributed by atoms with van der Waals surface area (Å²) < 4.78 is 27.5. The van der Waals surface area contributed by atoms with E-state index in [1.807, 2.05) is 26.0 Å². The smallest absolute Gasteiger partial charge is 0.273 e. The molecule has 0 saturated carbocycles. The van der Waals surface area contributed by atoms with Gasteiger partial charge in [-0.1, -0.05) is 18.6 Å². The minimum Gasteiger partial charge on any atom is -0.294 e. The van der Waals surface area contributed by atoms with Crippen molar-refractivity contribution in [2.24, 2.45) is 0 Å². The highest BCUT2D eigenvalue weighted by Gasteiger charge is 2.33. The number of carbonyl (C=O) groups excluding carboxylic acids is 1. The Bertz CT molecular complexity index is 837. The van der Waals surface area contributed by atoms with Crippen LogP contribution in [-0.4, -0.2) is 20.7 Å². The molecule has 1 aromatic heterocycles. The summed E-state index contributed by atoms with van der Waals surface area (Å²) in [5.74, 6) is 0.00516. The lowest BCUT2D eigenvalue weighted by molar-refractivity contribution is 0.0982. The molecule has 0 aliphatic carbocycles. The van der Waals surface area contributed by atoms with Crippen LogP contribution in [0.15, 0.2) is 34.5 Å². The van der Waals surface area contributed by atoms with E-state index in [2.05, 4.69) is 0 Å². The fourth-order valence-corrected chi connectivity index (χ4v) is 5.49. The van der Waals surface area contributed by atoms with Crippen molar-refractivity contribution < 1.29 is 13.2 Å². The summed E-state index contributed by atoms with van der Waals surface area (Å²) in [6.07, 6.45) is 1.04. The van der Waals surface area contributed by atoms with Gasteiger partial charge in [-0.2, -0.15) is 0 Å². The second-order valence-electron chi connectivity index (χ2n) is 5.35. The van der Waals surface area contributed by atoms with Gasteiger partial charge in [-0.3, -0.25) is 9.10 Å². The molecule has 0 saturated heterocycles. The molecule has 6 heteroatoms. The van der Waals surface area contributed by atoms with Crippen LogP contribution in [-0.2, 0) is 16.4 Å². The van der Waals surface area contributed by atoms with Gasteiger partial charge >= 0.3 is 0 Å². The first kappa shape index (κ1) is 15.2. The number of carbonyl (C=O) groups is 1. The molecule has 2 aromatic rings. The van der Waals surface area contributed by atoms with Crippen molar-refractivity contribution in [3.8, 4) is 0 Å². The maximum atomic E-state index is 12.9. The van der Waals surface area contributed by atoms with E-state index in [1.165, 1.54) is 15.6 Å². The van der Waals surface area contributed by atoms with Crippen LogP contribution in [0.2, 0.25) is 0 Å². The first-order valence-corrected chi connectivity index (χ1v) is 9.44. The molecule has 0 radical (unpaired) electrons. The van der Waals surface area contributed by atoms with Crippen molar-refractivity contribution in [3.05, 3.63) is 46.3 Å². The Kier molecular flexibility index (Phi) is 3.82. The van der Waals surface area contributed by atoms with E-state index in [0.29, 0.717) is 15.5 Å². The van der Waals surface area contributed by atoms with E-state index in [1.54, 1.807) is 18.2 Å². The second-order valence-corrected chi connectivity index (χ2v) is 8.60. The van der Waals surface area contributed by atoms with Crippen LogP contribution in [0.1, 0.15) is 34.1 Å². The number of fused-ring (bicyclic) bond motifs is 1. The molecule has 1 aliphatic rings. The number of hydrogen-bond acceptors (Lipinski definition) is 4. The van der Waals surface area contributed by atoms with Gasteiger partial charge < -0.3 is 0 Å². The van der Waals surface area contributed by atoms with E-state index in [9.17, 15) is 13.2 Å². The van der Waals surface area contributed by atoms with E-state index < -0.39 is 10.0 Å². The number of sulfonamides is 1. The fourth-order valence-electron chi connectivity index (χ4n) is 2.59. The van der Waals surface area contributed by atoms with Gasteiger partial charge in [0.05, 0.1) is 5.69 Å². The van der Waals surface area contributed by atoms with Gasteiger partial charge in [0.25, 0.3) is 10.0 Å². The molecule has 0 atom stereocenters. The van der Waals surface area contributed by atoms with Gasteiger partial charge in [-0.15, -0.1) is 11.3 Å². The molecule has 0 unspecified atom stereocenters. The maximum Gasteiger partial charge on any atom is 0.273 e. The number of anilines is 1. The Morgan fingerprint density at radius 1 is 1.23 bits per heavy atom. The molecular weight excluding hydrogens is 318 g/mol. The van der Waals surface area contributed by atoms with Crippen molar-refractivity contribution in [3.63, 3.8) is 0 Å². The number of thiophene rings is 1. The molecule has 0 fully saturated rings. The van der Waals surface area contributed by atoms with E-state index in [0.717, 1.165) is 16.9 Å². The van der Waals surface area contributed by atoms with Crippen molar-refractivity contribution in [1.29, 1.82) is 0 Å². The zero-order chi connectivity index (χ0) is 15.9. The van der Waals surface area contributed by atoms with Gasteiger partial charge in [0.15, 0.2) is 5.78 Å². The summed E-state index contributed by atoms with van der Waals surface area (Å²) in [5, 5.41) is 0. The SMILES string of the molecule is CCc1ccc(S(=O)(=O)N2CCC(=O)c3cc(C)ccc32)s1. The molecule has 2 heterocycles. The fraction of sp³-hybridized carbons (Fsp3) is 0.312. The van der Waals surface area contributed by atoms with Crippen LogP contribution >= 0.6 is 11.3 Å². The largest absolute Gasteiger partial charge is 0.294 e. The average Bonchev–Trinajstić information content (AvgIpc) is 2.97. The Morgan fingerprint density at radius 3 is 2.68 bits per heavy atom. The average molecular weight is 335 g/mol. The topological polar surface area (TPSA) is 54.5 Å². The summed E-state index contributed by atoms with van der Waals surface area (Å²) in [6.45, 7) is 4.10. The van der Waals surface area contributed by atoms with Crippen molar-refractivity contribution in [2.75, 3.05) is 10.8 Å². The van der Waals surface area contributed by atoms with Crippen molar-refractivity contribution >= 4 is 32.8 Å². The molecule has 22 heavy (non-hydrogen) atoms. The summed E-state index contributed by atoms with van der Waals surface area (Å²) in [6, 6.07) is 8.84. The minimum atomic E-state index is -3.60. The van der Waals surface area contributed by atoms with Gasteiger partial charge in [0.2, 0.25) is 0 Å². The number of ketones is 1. The lowest BCUT2D eigenvalue weighted by Gasteiger charge is -2.29. The van der Waals surface area contributed by atoms with Crippen molar-refractivity contribution in [2.45, 2.75) is 30.9 Å². The van der Waals surface area contributed by atoms with Crippen LogP contribution < -0.4 is 4.31 Å². The van der Waals surface area contributed by atoms with Crippen LogP contribution in [0.4, 0.5) is 5.69 Å². The quantitative estimate of drug-likeness (QED) is 0.864. The predicted molar refractivity (Wildman–Crippen MR) is 88.4 cm³/mol. The predicted octanol–water partition coefficient (Wildman–Crippen LogP) is 3.40. The Labute approximate surface area is 134 Å². The number of aryl methyl sites for hydroxylation is 2.